The second kappa shape index (κ2) is 4.30. The van der Waals surface area contributed by atoms with Crippen molar-refractivity contribution in [2.24, 2.45) is 0 Å². The summed E-state index contributed by atoms with van der Waals surface area (Å²) in [4.78, 5) is 2.22. The standard InChI is InChI=1S/C10H13BFNO2/c12-10-3-2-8(6-9(10)11(14)15)7-13-4-1-5-13/h2-3,6,14-15H,1,4-5,7H2. The second-order valence-corrected chi connectivity index (χ2v) is 3.86. The number of benzene rings is 1. The van der Waals surface area contributed by atoms with Gasteiger partial charge in [0.15, 0.2) is 0 Å². The first-order valence-electron chi connectivity index (χ1n) is 5.03. The van der Waals surface area contributed by atoms with Crippen LogP contribution in [-0.2, 0) is 6.54 Å². The van der Waals surface area contributed by atoms with E-state index in [1.165, 1.54) is 18.6 Å². The van der Waals surface area contributed by atoms with Gasteiger partial charge in [0, 0.05) is 12.0 Å². The Labute approximate surface area is 88.3 Å². The average molecular weight is 209 g/mol. The molecule has 1 aromatic carbocycles. The highest BCUT2D eigenvalue weighted by atomic mass is 19.1. The molecule has 1 heterocycles. The molecule has 0 spiro atoms. The summed E-state index contributed by atoms with van der Waals surface area (Å²) in [5.41, 5.74) is 0.868. The molecule has 5 heteroatoms. The van der Waals surface area contributed by atoms with E-state index in [9.17, 15) is 4.39 Å². The molecule has 1 aliphatic heterocycles. The van der Waals surface area contributed by atoms with E-state index in [4.69, 9.17) is 10.0 Å². The molecule has 1 saturated heterocycles. The van der Waals surface area contributed by atoms with Crippen LogP contribution in [0.3, 0.4) is 0 Å². The highest BCUT2D eigenvalue weighted by Crippen LogP contribution is 2.12. The molecule has 15 heavy (non-hydrogen) atoms. The predicted molar refractivity (Wildman–Crippen MR) is 56.1 cm³/mol. The van der Waals surface area contributed by atoms with Crippen LogP contribution in [0.2, 0.25) is 0 Å². The van der Waals surface area contributed by atoms with Crippen LogP contribution in [0, 0.1) is 5.82 Å². The molecule has 0 bridgehead atoms. The van der Waals surface area contributed by atoms with Crippen molar-refractivity contribution in [2.75, 3.05) is 13.1 Å². The minimum absolute atomic E-state index is 0.0481. The Morgan fingerprint density at radius 1 is 1.33 bits per heavy atom. The van der Waals surface area contributed by atoms with Crippen molar-refractivity contribution in [1.82, 2.24) is 4.90 Å². The lowest BCUT2D eigenvalue weighted by atomic mass is 9.79. The van der Waals surface area contributed by atoms with Crippen molar-refractivity contribution in [2.45, 2.75) is 13.0 Å². The molecule has 80 valence electrons. The first-order chi connectivity index (χ1) is 7.16. The maximum atomic E-state index is 13.1. The molecule has 0 aromatic heterocycles. The van der Waals surface area contributed by atoms with E-state index >= 15 is 0 Å². The summed E-state index contributed by atoms with van der Waals surface area (Å²) in [6, 6.07) is 4.47. The van der Waals surface area contributed by atoms with Crippen molar-refractivity contribution in [1.29, 1.82) is 0 Å². The van der Waals surface area contributed by atoms with Gasteiger partial charge in [0.05, 0.1) is 0 Å². The van der Waals surface area contributed by atoms with Gasteiger partial charge in [-0.25, -0.2) is 4.39 Å². The molecule has 3 nitrogen and oxygen atoms in total. The number of hydrogen-bond donors (Lipinski definition) is 2. The molecule has 0 radical (unpaired) electrons. The van der Waals surface area contributed by atoms with Crippen LogP contribution < -0.4 is 5.46 Å². The molecule has 0 amide bonds. The van der Waals surface area contributed by atoms with Crippen molar-refractivity contribution >= 4 is 12.6 Å². The normalized spacial score (nSPS) is 16.2. The molecule has 0 unspecified atom stereocenters. The van der Waals surface area contributed by atoms with E-state index in [1.807, 2.05) is 0 Å². The Bertz CT molecular complexity index is 355. The van der Waals surface area contributed by atoms with Crippen molar-refractivity contribution in [3.63, 3.8) is 0 Å². The zero-order chi connectivity index (χ0) is 10.8. The molecule has 0 aliphatic carbocycles. The van der Waals surface area contributed by atoms with Crippen molar-refractivity contribution in [3.8, 4) is 0 Å². The lowest BCUT2D eigenvalue weighted by Gasteiger charge is -2.30. The second-order valence-electron chi connectivity index (χ2n) is 3.86. The Hall–Kier alpha value is -0.905. The van der Waals surface area contributed by atoms with Crippen molar-refractivity contribution < 1.29 is 14.4 Å². The first kappa shape index (κ1) is 10.6. The van der Waals surface area contributed by atoms with Gasteiger partial charge in [-0.05, 0) is 31.1 Å². The van der Waals surface area contributed by atoms with Crippen LogP contribution in [0.5, 0.6) is 0 Å². The number of hydrogen-bond acceptors (Lipinski definition) is 3. The van der Waals surface area contributed by atoms with Crippen LogP contribution in [-0.4, -0.2) is 35.2 Å². The third kappa shape index (κ3) is 2.37. The van der Waals surface area contributed by atoms with E-state index < -0.39 is 12.9 Å². The third-order valence-corrected chi connectivity index (χ3v) is 2.69. The van der Waals surface area contributed by atoms with E-state index in [1.54, 1.807) is 6.07 Å². The molecular weight excluding hydrogens is 196 g/mol. The van der Waals surface area contributed by atoms with Gasteiger partial charge in [-0.3, -0.25) is 4.90 Å². The van der Waals surface area contributed by atoms with Crippen LogP contribution >= 0.6 is 0 Å². The van der Waals surface area contributed by atoms with Crippen LogP contribution in [0.4, 0.5) is 4.39 Å². The van der Waals surface area contributed by atoms with E-state index in [2.05, 4.69) is 4.90 Å². The summed E-state index contributed by atoms with van der Waals surface area (Å²) in [5.74, 6) is -0.572. The Balaban J connectivity index is 2.14. The smallest absolute Gasteiger partial charge is 0.423 e. The predicted octanol–water partition coefficient (Wildman–Crippen LogP) is -0.289. The molecule has 0 atom stereocenters. The fourth-order valence-corrected chi connectivity index (χ4v) is 1.69. The summed E-state index contributed by atoms with van der Waals surface area (Å²) in [5, 5.41) is 17.9. The quantitative estimate of drug-likeness (QED) is 0.672. The minimum atomic E-state index is -1.73. The number of nitrogens with zero attached hydrogens (tertiary/aromatic N) is 1. The van der Waals surface area contributed by atoms with Crippen molar-refractivity contribution in [3.05, 3.63) is 29.6 Å². The Morgan fingerprint density at radius 3 is 2.60 bits per heavy atom. The molecule has 1 aromatic rings. The molecule has 2 N–H and O–H groups in total. The topological polar surface area (TPSA) is 43.7 Å². The first-order valence-corrected chi connectivity index (χ1v) is 5.03. The van der Waals surface area contributed by atoms with Crippen LogP contribution in [0.25, 0.3) is 0 Å². The van der Waals surface area contributed by atoms with E-state index in [-0.39, 0.29) is 5.46 Å². The zero-order valence-electron chi connectivity index (χ0n) is 8.36. The maximum Gasteiger partial charge on any atom is 0.491 e. The van der Waals surface area contributed by atoms with Crippen LogP contribution in [0.1, 0.15) is 12.0 Å². The van der Waals surface area contributed by atoms with Gasteiger partial charge in [0.1, 0.15) is 5.82 Å². The van der Waals surface area contributed by atoms with Gasteiger partial charge in [-0.15, -0.1) is 0 Å². The minimum Gasteiger partial charge on any atom is -0.423 e. The van der Waals surface area contributed by atoms with Gasteiger partial charge in [0.25, 0.3) is 0 Å². The van der Waals surface area contributed by atoms with Gasteiger partial charge >= 0.3 is 7.12 Å². The monoisotopic (exact) mass is 209 g/mol. The number of rotatable bonds is 3. The Morgan fingerprint density at radius 2 is 2.07 bits per heavy atom. The van der Waals surface area contributed by atoms with E-state index in [0.717, 1.165) is 25.2 Å². The lowest BCUT2D eigenvalue weighted by Crippen LogP contribution is -2.37. The largest absolute Gasteiger partial charge is 0.491 e. The fourth-order valence-electron chi connectivity index (χ4n) is 1.69. The molecule has 1 aliphatic rings. The molecule has 1 fully saturated rings. The fraction of sp³-hybridized carbons (Fsp3) is 0.400. The number of halogens is 1. The Kier molecular flexibility index (Phi) is 3.04. The summed E-state index contributed by atoms with van der Waals surface area (Å²) in [6.07, 6.45) is 1.21. The zero-order valence-corrected chi connectivity index (χ0v) is 8.36. The molecular formula is C10H13BFNO2. The summed E-state index contributed by atoms with van der Waals surface area (Å²) < 4.78 is 13.1. The molecule has 0 saturated carbocycles. The number of likely N-dealkylation sites (tertiary alicyclic amines) is 1. The SMILES string of the molecule is OB(O)c1cc(CN2CCC2)ccc1F. The summed E-state index contributed by atoms with van der Waals surface area (Å²) in [6.45, 7) is 2.88. The van der Waals surface area contributed by atoms with Crippen LogP contribution in [0.15, 0.2) is 18.2 Å². The lowest BCUT2D eigenvalue weighted by molar-refractivity contribution is 0.172. The highest BCUT2D eigenvalue weighted by molar-refractivity contribution is 6.58. The maximum absolute atomic E-state index is 13.1. The van der Waals surface area contributed by atoms with Gasteiger partial charge in [-0.1, -0.05) is 12.1 Å². The molecule has 2 rings (SSSR count). The summed E-state index contributed by atoms with van der Waals surface area (Å²) in [7, 11) is -1.73. The third-order valence-electron chi connectivity index (χ3n) is 2.69. The highest BCUT2D eigenvalue weighted by Gasteiger charge is 2.19. The van der Waals surface area contributed by atoms with Gasteiger partial charge in [0.2, 0.25) is 0 Å². The summed E-state index contributed by atoms with van der Waals surface area (Å²) >= 11 is 0. The van der Waals surface area contributed by atoms with Gasteiger partial charge in [-0.2, -0.15) is 0 Å². The van der Waals surface area contributed by atoms with E-state index in [0.29, 0.717) is 0 Å². The average Bonchev–Trinajstić information content (AvgIpc) is 2.13. The van der Waals surface area contributed by atoms with Gasteiger partial charge < -0.3 is 10.0 Å².